The van der Waals surface area contributed by atoms with Crippen LogP contribution in [0.2, 0.25) is 0 Å². The van der Waals surface area contributed by atoms with E-state index in [-0.39, 0.29) is 11.6 Å². The van der Waals surface area contributed by atoms with Gasteiger partial charge in [0.1, 0.15) is 0 Å². The van der Waals surface area contributed by atoms with Gasteiger partial charge >= 0.3 is 12.0 Å². The second kappa shape index (κ2) is 6.16. The molecule has 0 bridgehead atoms. The molecule has 1 saturated heterocycles. The SMILES string of the molecule is Cc1ccc(C(=O)O)cc1NC(=O)N1CCC(C(C)C)C1. The molecule has 1 aromatic rings. The predicted molar refractivity (Wildman–Crippen MR) is 81.7 cm³/mol. The van der Waals surface area contributed by atoms with E-state index in [0.29, 0.717) is 17.5 Å². The highest BCUT2D eigenvalue weighted by Crippen LogP contribution is 2.25. The second-order valence-corrected chi connectivity index (χ2v) is 6.00. The molecule has 1 atom stereocenters. The fraction of sp³-hybridized carbons (Fsp3) is 0.500. The first-order valence-corrected chi connectivity index (χ1v) is 7.28. The van der Waals surface area contributed by atoms with Crippen molar-refractivity contribution in [2.24, 2.45) is 11.8 Å². The van der Waals surface area contributed by atoms with Gasteiger partial charge in [-0.1, -0.05) is 19.9 Å². The number of nitrogens with zero attached hydrogens (tertiary/aromatic N) is 1. The molecule has 0 radical (unpaired) electrons. The van der Waals surface area contributed by atoms with Crippen molar-refractivity contribution < 1.29 is 14.7 Å². The monoisotopic (exact) mass is 290 g/mol. The molecule has 5 nitrogen and oxygen atoms in total. The zero-order valence-corrected chi connectivity index (χ0v) is 12.7. The Morgan fingerprint density at radius 1 is 1.38 bits per heavy atom. The lowest BCUT2D eigenvalue weighted by Crippen LogP contribution is -2.33. The van der Waals surface area contributed by atoms with Crippen molar-refractivity contribution in [3.63, 3.8) is 0 Å². The molecule has 0 saturated carbocycles. The summed E-state index contributed by atoms with van der Waals surface area (Å²) in [7, 11) is 0. The van der Waals surface area contributed by atoms with Crippen molar-refractivity contribution in [2.45, 2.75) is 27.2 Å². The van der Waals surface area contributed by atoms with Crippen molar-refractivity contribution >= 4 is 17.7 Å². The number of urea groups is 1. The van der Waals surface area contributed by atoms with Gasteiger partial charge in [-0.3, -0.25) is 0 Å². The zero-order chi connectivity index (χ0) is 15.6. The second-order valence-electron chi connectivity index (χ2n) is 6.00. The highest BCUT2D eigenvalue weighted by atomic mass is 16.4. The number of amides is 2. The van der Waals surface area contributed by atoms with E-state index in [0.717, 1.165) is 25.1 Å². The maximum atomic E-state index is 12.3. The van der Waals surface area contributed by atoms with Crippen LogP contribution in [0.15, 0.2) is 18.2 Å². The lowest BCUT2D eigenvalue weighted by molar-refractivity contribution is 0.0697. The Balaban J connectivity index is 2.06. The smallest absolute Gasteiger partial charge is 0.335 e. The molecule has 1 fully saturated rings. The summed E-state index contributed by atoms with van der Waals surface area (Å²) in [5, 5.41) is 11.8. The molecule has 2 N–H and O–H groups in total. The van der Waals surface area contributed by atoms with Crippen molar-refractivity contribution in [3.05, 3.63) is 29.3 Å². The molecule has 2 rings (SSSR count). The first-order chi connectivity index (χ1) is 9.88. The van der Waals surface area contributed by atoms with E-state index in [4.69, 9.17) is 5.11 Å². The van der Waals surface area contributed by atoms with Gasteiger partial charge in [-0.2, -0.15) is 0 Å². The maximum Gasteiger partial charge on any atom is 0.335 e. The number of anilines is 1. The van der Waals surface area contributed by atoms with E-state index in [1.807, 2.05) is 6.92 Å². The first kappa shape index (κ1) is 15.4. The minimum atomic E-state index is -0.994. The lowest BCUT2D eigenvalue weighted by atomic mass is 9.95. The molecule has 5 heteroatoms. The summed E-state index contributed by atoms with van der Waals surface area (Å²) < 4.78 is 0. The van der Waals surface area contributed by atoms with E-state index in [1.54, 1.807) is 11.0 Å². The minimum Gasteiger partial charge on any atom is -0.478 e. The molecule has 1 aromatic carbocycles. The number of hydrogen-bond acceptors (Lipinski definition) is 2. The Hall–Kier alpha value is -2.04. The normalized spacial score (nSPS) is 18.1. The third-order valence-corrected chi connectivity index (χ3v) is 4.18. The van der Waals surface area contributed by atoms with Gasteiger partial charge in [-0.25, -0.2) is 9.59 Å². The fourth-order valence-corrected chi connectivity index (χ4v) is 2.60. The molecular weight excluding hydrogens is 268 g/mol. The highest BCUT2D eigenvalue weighted by Gasteiger charge is 2.28. The highest BCUT2D eigenvalue weighted by molar-refractivity contribution is 5.94. The van der Waals surface area contributed by atoms with Crippen LogP contribution in [0.1, 0.15) is 36.2 Å². The molecule has 21 heavy (non-hydrogen) atoms. The van der Waals surface area contributed by atoms with E-state index >= 15 is 0 Å². The number of carbonyl (C=O) groups excluding carboxylic acids is 1. The van der Waals surface area contributed by atoms with E-state index < -0.39 is 5.97 Å². The van der Waals surface area contributed by atoms with Crippen LogP contribution >= 0.6 is 0 Å². The molecule has 1 aliphatic rings. The van der Waals surface area contributed by atoms with Crippen molar-refractivity contribution in [1.82, 2.24) is 4.90 Å². The van der Waals surface area contributed by atoms with Crippen molar-refractivity contribution in [1.29, 1.82) is 0 Å². The number of likely N-dealkylation sites (tertiary alicyclic amines) is 1. The molecule has 114 valence electrons. The van der Waals surface area contributed by atoms with Gasteiger partial charge in [-0.15, -0.1) is 0 Å². The third-order valence-electron chi connectivity index (χ3n) is 4.18. The fourth-order valence-electron chi connectivity index (χ4n) is 2.60. The summed E-state index contributed by atoms with van der Waals surface area (Å²) in [5.41, 5.74) is 1.60. The number of carboxylic acid groups (broad SMARTS) is 1. The molecule has 1 aliphatic heterocycles. The number of hydrogen-bond donors (Lipinski definition) is 2. The molecule has 1 unspecified atom stereocenters. The van der Waals surface area contributed by atoms with Crippen LogP contribution in [-0.2, 0) is 0 Å². The van der Waals surface area contributed by atoms with Crippen molar-refractivity contribution in [3.8, 4) is 0 Å². The van der Waals surface area contributed by atoms with Gasteiger partial charge < -0.3 is 15.3 Å². The Morgan fingerprint density at radius 3 is 2.67 bits per heavy atom. The van der Waals surface area contributed by atoms with Gasteiger partial charge in [0.05, 0.1) is 5.56 Å². The van der Waals surface area contributed by atoms with Gasteiger partial charge in [0.15, 0.2) is 0 Å². The Kier molecular flexibility index (Phi) is 4.50. The zero-order valence-electron chi connectivity index (χ0n) is 12.7. The average molecular weight is 290 g/mol. The third kappa shape index (κ3) is 3.54. The van der Waals surface area contributed by atoms with Crippen LogP contribution in [0, 0.1) is 18.8 Å². The molecule has 0 aromatic heterocycles. The van der Waals surface area contributed by atoms with Crippen LogP contribution in [0.3, 0.4) is 0 Å². The van der Waals surface area contributed by atoms with Crippen LogP contribution < -0.4 is 5.32 Å². The quantitative estimate of drug-likeness (QED) is 0.898. The summed E-state index contributed by atoms with van der Waals surface area (Å²) in [6.45, 7) is 7.72. The Labute approximate surface area is 125 Å². The van der Waals surface area contributed by atoms with E-state index in [2.05, 4.69) is 19.2 Å². The number of nitrogens with one attached hydrogen (secondary N) is 1. The summed E-state index contributed by atoms with van der Waals surface area (Å²) in [5.74, 6) is 0.119. The number of carboxylic acids is 1. The number of benzene rings is 1. The average Bonchev–Trinajstić information content (AvgIpc) is 2.90. The largest absolute Gasteiger partial charge is 0.478 e. The first-order valence-electron chi connectivity index (χ1n) is 7.28. The van der Waals surface area contributed by atoms with Gasteiger partial charge in [0, 0.05) is 18.8 Å². The molecule has 0 spiro atoms. The van der Waals surface area contributed by atoms with E-state index in [1.165, 1.54) is 12.1 Å². The summed E-state index contributed by atoms with van der Waals surface area (Å²) >= 11 is 0. The topological polar surface area (TPSA) is 69.6 Å². The molecule has 0 aliphatic carbocycles. The minimum absolute atomic E-state index is 0.149. The van der Waals surface area contributed by atoms with Crippen LogP contribution in [-0.4, -0.2) is 35.1 Å². The molecular formula is C16H22N2O3. The van der Waals surface area contributed by atoms with Gasteiger partial charge in [-0.05, 0) is 42.9 Å². The van der Waals surface area contributed by atoms with Gasteiger partial charge in [0.25, 0.3) is 0 Å². The van der Waals surface area contributed by atoms with Crippen molar-refractivity contribution in [2.75, 3.05) is 18.4 Å². The van der Waals surface area contributed by atoms with Gasteiger partial charge in [0.2, 0.25) is 0 Å². The standard InChI is InChI=1S/C16H22N2O3/c1-10(2)13-6-7-18(9-13)16(21)17-14-8-12(15(19)20)5-4-11(14)3/h4-5,8,10,13H,6-7,9H2,1-3H3,(H,17,21)(H,19,20). The predicted octanol–water partition coefficient (Wildman–Crippen LogP) is 3.20. The number of aromatic carboxylic acids is 1. The summed E-state index contributed by atoms with van der Waals surface area (Å²) in [4.78, 5) is 25.1. The van der Waals surface area contributed by atoms with E-state index in [9.17, 15) is 9.59 Å². The van der Waals surface area contributed by atoms with Crippen LogP contribution in [0.5, 0.6) is 0 Å². The number of rotatable bonds is 3. The number of aryl methyl sites for hydroxylation is 1. The Morgan fingerprint density at radius 2 is 2.10 bits per heavy atom. The lowest BCUT2D eigenvalue weighted by Gasteiger charge is -2.19. The summed E-state index contributed by atoms with van der Waals surface area (Å²) in [6, 6.07) is 4.60. The number of carbonyl (C=O) groups is 2. The summed E-state index contributed by atoms with van der Waals surface area (Å²) in [6.07, 6.45) is 1.03. The van der Waals surface area contributed by atoms with Crippen LogP contribution in [0.25, 0.3) is 0 Å². The maximum absolute atomic E-state index is 12.3. The molecule has 2 amide bonds. The Bertz CT molecular complexity index is 554. The van der Waals surface area contributed by atoms with Crippen LogP contribution in [0.4, 0.5) is 10.5 Å². The molecule has 1 heterocycles.